The Morgan fingerprint density at radius 2 is 0.944 bits per heavy atom. The third kappa shape index (κ3) is 44.9. The van der Waals surface area contributed by atoms with E-state index in [1.807, 2.05) is 20.8 Å². The van der Waals surface area contributed by atoms with Gasteiger partial charge >= 0.3 is 0 Å². The van der Waals surface area contributed by atoms with Gasteiger partial charge in [-0.2, -0.15) is 0 Å². The van der Waals surface area contributed by atoms with Gasteiger partial charge in [0.25, 0.3) is 0 Å². The maximum absolute atomic E-state index is 10.7. The first-order valence-corrected chi connectivity index (χ1v) is 5.84. The number of carbonyl (C=O) groups excluding carboxylic acids is 1. The Morgan fingerprint density at radius 1 is 0.778 bits per heavy atom. The third-order valence-electron chi connectivity index (χ3n) is 1.84. The summed E-state index contributed by atoms with van der Waals surface area (Å²) >= 11 is 0. The summed E-state index contributed by atoms with van der Waals surface area (Å²) in [4.78, 5) is 10.7. The zero-order valence-electron chi connectivity index (χ0n) is 11.5. The molecular weight excluding hydrogens is 220 g/mol. The molecule has 0 rings (SSSR count). The fourth-order valence-electron chi connectivity index (χ4n) is 0.249. The zero-order valence-corrected chi connectivity index (χ0v) is 11.5. The molecule has 0 aromatic carbocycles. The lowest BCUT2D eigenvalue weighted by molar-refractivity contribution is -0.124. The molecule has 1 heteroatoms. The monoisotopic (exact) mass is 266 g/mol. The molecular formula is C17H46O. The third-order valence-corrected chi connectivity index (χ3v) is 1.84. The largest absolute Gasteiger partial charge is 0.299 e. The Balaban J connectivity index is -0.0000000213. The molecule has 0 unspecified atom stereocenters. The average Bonchev–Trinajstić information content (AvgIpc) is 2.07. The summed E-state index contributed by atoms with van der Waals surface area (Å²) in [6.45, 7) is 16.1. The molecule has 0 atom stereocenters. The Bertz CT molecular complexity index is 113. The standard InChI is InChI=1S/C7H14O.2C3H8.4CH4/c1-5-7(3,4)6(2)8;2*1-3-2;;;;/h5H2,1-4H3;2*3H2,1-2H3;4*1H4. The molecule has 0 bridgehead atoms. The quantitative estimate of drug-likeness (QED) is 0.509. The van der Waals surface area contributed by atoms with Gasteiger partial charge < -0.3 is 0 Å². The van der Waals surface area contributed by atoms with Crippen LogP contribution in [0.3, 0.4) is 0 Å². The first-order chi connectivity index (χ1) is 6.33. The highest BCUT2D eigenvalue weighted by Crippen LogP contribution is 2.19. The van der Waals surface area contributed by atoms with Crippen LogP contribution in [0.15, 0.2) is 0 Å². The van der Waals surface area contributed by atoms with Crippen LogP contribution in [0.5, 0.6) is 0 Å². The Kier molecular flexibility index (Phi) is 72.0. The van der Waals surface area contributed by atoms with Crippen molar-refractivity contribution in [3.63, 3.8) is 0 Å². The van der Waals surface area contributed by atoms with Gasteiger partial charge in [0.15, 0.2) is 0 Å². The van der Waals surface area contributed by atoms with Crippen LogP contribution in [0.1, 0.15) is 104 Å². The zero-order chi connectivity index (χ0) is 12.2. The van der Waals surface area contributed by atoms with Gasteiger partial charge in [0.05, 0.1) is 0 Å². The van der Waals surface area contributed by atoms with E-state index in [2.05, 4.69) is 27.7 Å². The topological polar surface area (TPSA) is 17.1 Å². The summed E-state index contributed by atoms with van der Waals surface area (Å²) in [6, 6.07) is 0. The Labute approximate surface area is 121 Å². The van der Waals surface area contributed by atoms with E-state index in [0.717, 1.165) is 6.42 Å². The van der Waals surface area contributed by atoms with E-state index >= 15 is 0 Å². The first kappa shape index (κ1) is 43.1. The van der Waals surface area contributed by atoms with Crippen molar-refractivity contribution in [2.24, 2.45) is 5.41 Å². The van der Waals surface area contributed by atoms with Crippen molar-refractivity contribution in [1.29, 1.82) is 0 Å². The van der Waals surface area contributed by atoms with Gasteiger partial charge in [-0.15, -0.1) is 0 Å². The maximum Gasteiger partial charge on any atom is 0.135 e. The predicted molar refractivity (Wildman–Crippen MR) is 93.6 cm³/mol. The molecule has 0 aliphatic rings. The van der Waals surface area contributed by atoms with Crippen LogP contribution in [0.25, 0.3) is 0 Å². The molecule has 18 heavy (non-hydrogen) atoms. The lowest BCUT2D eigenvalue weighted by atomic mass is 9.86. The van der Waals surface area contributed by atoms with E-state index in [4.69, 9.17) is 0 Å². The van der Waals surface area contributed by atoms with Gasteiger partial charge in [-0.25, -0.2) is 0 Å². The minimum absolute atomic E-state index is 0. The van der Waals surface area contributed by atoms with E-state index in [-0.39, 0.29) is 40.9 Å². The van der Waals surface area contributed by atoms with E-state index in [1.54, 1.807) is 6.92 Å². The molecule has 0 aromatic heterocycles. The highest BCUT2D eigenvalue weighted by atomic mass is 16.1. The summed E-state index contributed by atoms with van der Waals surface area (Å²) < 4.78 is 0. The van der Waals surface area contributed by atoms with Crippen LogP contribution in [0.2, 0.25) is 0 Å². The van der Waals surface area contributed by atoms with Crippen LogP contribution in [-0.4, -0.2) is 5.78 Å². The first-order valence-electron chi connectivity index (χ1n) is 5.84. The van der Waals surface area contributed by atoms with Crippen molar-refractivity contribution in [2.45, 2.75) is 104 Å². The molecule has 0 N–H and O–H groups in total. The summed E-state index contributed by atoms with van der Waals surface area (Å²) in [5.74, 6) is 0.278. The van der Waals surface area contributed by atoms with Crippen LogP contribution < -0.4 is 0 Å². The second-order valence-electron chi connectivity index (χ2n) is 4.21. The van der Waals surface area contributed by atoms with Gasteiger partial charge in [0.1, 0.15) is 5.78 Å². The highest BCUT2D eigenvalue weighted by Gasteiger charge is 2.19. The van der Waals surface area contributed by atoms with E-state index in [0.29, 0.717) is 0 Å². The molecule has 120 valence electrons. The number of rotatable bonds is 2. The number of Topliss-reactive ketones (excluding diaryl/α,β-unsaturated/α-hetero) is 1. The maximum atomic E-state index is 10.7. The molecule has 0 spiro atoms. The van der Waals surface area contributed by atoms with Gasteiger partial charge in [-0.05, 0) is 13.3 Å². The number of hydrogen-bond donors (Lipinski definition) is 0. The van der Waals surface area contributed by atoms with Crippen molar-refractivity contribution in [1.82, 2.24) is 0 Å². The molecule has 0 aromatic rings. The highest BCUT2D eigenvalue weighted by molar-refractivity contribution is 5.81. The number of carbonyl (C=O) groups is 1. The summed E-state index contributed by atoms with van der Waals surface area (Å²) in [6.07, 6.45) is 3.43. The SMILES string of the molecule is C.C.C.C.CCC.CCC.CCC(C)(C)C(C)=O. The second-order valence-corrected chi connectivity index (χ2v) is 4.21. The molecule has 0 saturated heterocycles. The second kappa shape index (κ2) is 30.1. The summed E-state index contributed by atoms with van der Waals surface area (Å²) in [5.41, 5.74) is -0.0972. The van der Waals surface area contributed by atoms with Crippen LogP contribution in [0.4, 0.5) is 0 Å². The summed E-state index contributed by atoms with van der Waals surface area (Å²) in [7, 11) is 0. The minimum Gasteiger partial charge on any atom is -0.299 e. The fraction of sp³-hybridized carbons (Fsp3) is 0.941. The van der Waals surface area contributed by atoms with Crippen LogP contribution in [0, 0.1) is 5.41 Å². The molecule has 0 saturated carbocycles. The number of ketones is 1. The van der Waals surface area contributed by atoms with Crippen molar-refractivity contribution >= 4 is 5.78 Å². The van der Waals surface area contributed by atoms with Gasteiger partial charge in [-0.1, -0.05) is 91.0 Å². The summed E-state index contributed by atoms with van der Waals surface area (Å²) in [5, 5.41) is 0. The molecule has 0 heterocycles. The van der Waals surface area contributed by atoms with Crippen molar-refractivity contribution in [3.8, 4) is 0 Å². The molecule has 0 fully saturated rings. The van der Waals surface area contributed by atoms with Crippen LogP contribution in [-0.2, 0) is 4.79 Å². The van der Waals surface area contributed by atoms with Crippen molar-refractivity contribution in [2.75, 3.05) is 0 Å². The average molecular weight is 267 g/mol. The molecule has 0 amide bonds. The Hall–Kier alpha value is -0.330. The molecule has 1 nitrogen and oxygen atoms in total. The predicted octanol–water partition coefficient (Wildman–Crippen LogP) is 7.39. The smallest absolute Gasteiger partial charge is 0.135 e. The molecule has 0 aliphatic heterocycles. The fourth-order valence-corrected chi connectivity index (χ4v) is 0.249. The van der Waals surface area contributed by atoms with Gasteiger partial charge in [-0.3, -0.25) is 4.79 Å². The van der Waals surface area contributed by atoms with Crippen molar-refractivity contribution < 1.29 is 4.79 Å². The lowest BCUT2D eigenvalue weighted by Gasteiger charge is -2.17. The normalized spacial score (nSPS) is 7.11. The minimum atomic E-state index is -0.0972. The van der Waals surface area contributed by atoms with Gasteiger partial charge in [0.2, 0.25) is 0 Å². The van der Waals surface area contributed by atoms with E-state index in [9.17, 15) is 4.79 Å². The van der Waals surface area contributed by atoms with Crippen molar-refractivity contribution in [3.05, 3.63) is 0 Å². The number of hydrogen-bond acceptors (Lipinski definition) is 1. The van der Waals surface area contributed by atoms with Crippen LogP contribution >= 0.6 is 0 Å². The van der Waals surface area contributed by atoms with E-state index in [1.165, 1.54) is 12.8 Å². The Morgan fingerprint density at radius 3 is 0.944 bits per heavy atom. The molecule has 0 aliphatic carbocycles. The lowest BCUT2D eigenvalue weighted by Crippen LogP contribution is -2.19. The van der Waals surface area contributed by atoms with Gasteiger partial charge in [0, 0.05) is 5.41 Å². The molecule has 0 radical (unpaired) electrons. The van der Waals surface area contributed by atoms with E-state index < -0.39 is 0 Å².